The highest BCUT2D eigenvalue weighted by molar-refractivity contribution is 7.60. The van der Waals surface area contributed by atoms with Gasteiger partial charge in [-0.1, -0.05) is 12.1 Å². The molecule has 0 saturated carbocycles. The Balaban J connectivity index is 1.67. The summed E-state index contributed by atoms with van der Waals surface area (Å²) in [7, 11) is -9.17. The summed E-state index contributed by atoms with van der Waals surface area (Å²) in [4.78, 5) is 72.3. The number of hydrogen-bond acceptors (Lipinski definition) is 12. The molecule has 4 rings (SSSR count). The number of nitrogens with one attached hydrogen (secondary N) is 3. The molecule has 1 saturated heterocycles. The van der Waals surface area contributed by atoms with E-state index in [4.69, 9.17) is 19.3 Å². The van der Waals surface area contributed by atoms with Gasteiger partial charge < -0.3 is 34.6 Å². The smallest absolute Gasteiger partial charge is 0.451 e. The van der Waals surface area contributed by atoms with Gasteiger partial charge in [0, 0.05) is 12.7 Å². The summed E-state index contributed by atoms with van der Waals surface area (Å²) >= 11 is 0. The summed E-state index contributed by atoms with van der Waals surface area (Å²) in [5.41, 5.74) is -1.64. The number of ether oxygens (including phenoxy) is 2. The summed E-state index contributed by atoms with van der Waals surface area (Å²) in [5, 5.41) is 13.7. The van der Waals surface area contributed by atoms with Gasteiger partial charge in [-0.25, -0.2) is 23.7 Å². The van der Waals surface area contributed by atoms with Crippen molar-refractivity contribution < 1.29 is 52.0 Å². The van der Waals surface area contributed by atoms with Crippen molar-refractivity contribution in [1.29, 1.82) is 0 Å². The number of aromatic nitrogens is 4. The van der Waals surface area contributed by atoms with Crippen LogP contribution in [0.4, 0.5) is 5.69 Å². The number of H-pyrrole nitrogens is 2. The van der Waals surface area contributed by atoms with Crippen LogP contribution in [0.1, 0.15) is 16.6 Å². The molecule has 7 N–H and O–H groups in total. The number of esters is 1. The van der Waals surface area contributed by atoms with Crippen LogP contribution >= 0.6 is 15.6 Å². The molecular weight excluding hydrogens is 556 g/mol. The Morgan fingerprint density at radius 3 is 2.61 bits per heavy atom. The first-order chi connectivity index (χ1) is 17.8. The number of aromatic amines is 2. The summed E-state index contributed by atoms with van der Waals surface area (Å²) in [6, 6.07) is 6.25. The van der Waals surface area contributed by atoms with Gasteiger partial charge in [-0.05, 0) is 12.1 Å². The summed E-state index contributed by atoms with van der Waals surface area (Å²) < 4.78 is 43.3. The minimum atomic E-state index is -5.42. The van der Waals surface area contributed by atoms with Gasteiger partial charge in [-0.15, -0.1) is 0 Å². The minimum absolute atomic E-state index is 0.0795. The Bertz CT molecular complexity index is 1560. The molecule has 38 heavy (non-hydrogen) atoms. The maximum Gasteiger partial charge on any atom is 0.481 e. The maximum absolute atomic E-state index is 13.0. The number of benzene rings is 1. The zero-order chi connectivity index (χ0) is 27.8. The van der Waals surface area contributed by atoms with Crippen molar-refractivity contribution >= 4 is 38.5 Å². The molecule has 1 aliphatic rings. The number of phosphoric ester groups is 1. The molecule has 20 heteroatoms. The lowest BCUT2D eigenvalue weighted by molar-refractivity contribution is -0.0558. The molecule has 0 aliphatic carbocycles. The van der Waals surface area contributed by atoms with Gasteiger partial charge in [0.25, 0.3) is 5.56 Å². The molecule has 1 unspecified atom stereocenters. The molecule has 0 spiro atoms. The third-order valence-corrected chi connectivity index (χ3v) is 7.48. The number of fused-ring (bicyclic) bond motifs is 1. The molecule has 3 heterocycles. The fourth-order valence-electron chi connectivity index (χ4n) is 3.74. The number of phosphoric acid groups is 2. The van der Waals surface area contributed by atoms with Crippen LogP contribution in [-0.2, 0) is 27.4 Å². The van der Waals surface area contributed by atoms with Gasteiger partial charge in [0.15, 0.2) is 17.8 Å². The first-order valence-corrected chi connectivity index (χ1v) is 13.6. The molecular formula is C18H21N5O13P2. The Morgan fingerprint density at radius 1 is 1.21 bits per heavy atom. The van der Waals surface area contributed by atoms with E-state index in [1.54, 1.807) is 25.2 Å². The second kappa shape index (κ2) is 10.5. The van der Waals surface area contributed by atoms with E-state index < -0.39 is 64.0 Å². The van der Waals surface area contributed by atoms with Crippen LogP contribution < -0.4 is 16.6 Å². The van der Waals surface area contributed by atoms with Crippen molar-refractivity contribution in [2.45, 2.75) is 24.5 Å². The maximum atomic E-state index is 13.0. The summed E-state index contributed by atoms with van der Waals surface area (Å²) in [6.45, 7) is -0.962. The number of para-hydroxylation sites is 1. The van der Waals surface area contributed by atoms with Crippen LogP contribution in [-0.4, -0.2) is 77.2 Å². The highest BCUT2D eigenvalue weighted by Crippen LogP contribution is 2.57. The van der Waals surface area contributed by atoms with Crippen LogP contribution in [0.25, 0.3) is 11.2 Å². The third kappa shape index (κ3) is 5.94. The quantitative estimate of drug-likeness (QED) is 0.121. The average Bonchev–Trinajstić information content (AvgIpc) is 3.37. The van der Waals surface area contributed by atoms with E-state index in [1.807, 2.05) is 4.98 Å². The third-order valence-electron chi connectivity index (χ3n) is 5.33. The number of anilines is 1. The van der Waals surface area contributed by atoms with Crippen molar-refractivity contribution in [1.82, 2.24) is 19.5 Å². The number of carbonyl (C=O) groups is 1. The lowest BCUT2D eigenvalue weighted by Crippen LogP contribution is -2.37. The number of imidazole rings is 1. The van der Waals surface area contributed by atoms with E-state index in [9.17, 15) is 33.5 Å². The molecule has 1 fully saturated rings. The minimum Gasteiger partial charge on any atom is -0.451 e. The number of nitrogens with zero attached hydrogens (tertiary/aromatic N) is 2. The number of rotatable bonds is 9. The van der Waals surface area contributed by atoms with Crippen LogP contribution in [0.3, 0.4) is 0 Å². The summed E-state index contributed by atoms with van der Waals surface area (Å²) in [6.07, 6.45) is -5.27. The number of aliphatic hydroxyl groups excluding tert-OH is 1. The van der Waals surface area contributed by atoms with Gasteiger partial charge >= 0.3 is 27.3 Å². The Kier molecular flexibility index (Phi) is 7.72. The van der Waals surface area contributed by atoms with E-state index in [1.165, 1.54) is 6.07 Å². The molecule has 0 bridgehead atoms. The van der Waals surface area contributed by atoms with E-state index in [2.05, 4.69) is 24.1 Å². The molecule has 18 nitrogen and oxygen atoms in total. The molecule has 2 aromatic heterocycles. The van der Waals surface area contributed by atoms with Gasteiger partial charge in [0.1, 0.15) is 17.9 Å². The van der Waals surface area contributed by atoms with Gasteiger partial charge in [-0.2, -0.15) is 4.31 Å². The molecule has 0 radical (unpaired) electrons. The Hall–Kier alpha value is -3.18. The SMILES string of the molecule is CNc1ccccc1C(=O)O[C@@H]1[C@H](O)[C@@H](COP(=O)(O)OP(=O)(O)O)O[C@H]1n1cnc2c(=O)[nH]c(=O)[nH]c21. The molecule has 3 aromatic rings. The van der Waals surface area contributed by atoms with Gasteiger partial charge in [-0.3, -0.25) is 23.9 Å². The largest absolute Gasteiger partial charge is 0.481 e. The van der Waals surface area contributed by atoms with Crippen molar-refractivity contribution in [3.8, 4) is 0 Å². The van der Waals surface area contributed by atoms with Crippen molar-refractivity contribution in [3.63, 3.8) is 0 Å². The summed E-state index contributed by atoms with van der Waals surface area (Å²) in [5.74, 6) is -0.914. The highest BCUT2D eigenvalue weighted by atomic mass is 31.3. The van der Waals surface area contributed by atoms with Crippen LogP contribution in [0.5, 0.6) is 0 Å². The zero-order valence-corrected chi connectivity index (χ0v) is 20.9. The predicted octanol–water partition coefficient (Wildman–Crippen LogP) is -0.835. The lowest BCUT2D eigenvalue weighted by Gasteiger charge is -2.22. The van der Waals surface area contributed by atoms with E-state index in [0.717, 1.165) is 10.9 Å². The monoisotopic (exact) mass is 577 g/mol. The standard InChI is InChI=1S/C18H21N5O13P2/c1-19-9-5-3-2-4-8(9)17(26)35-13-12(24)10(6-33-38(31,32)36-37(28,29)30)34-16(13)23-7-20-11-14(23)21-18(27)22-15(11)25/h2-5,7,10,12-13,16,19,24H,6H2,1H3,(H,31,32)(H2,28,29,30)(H2,21,22,25,27)/t10-,12-,13-,16-/m1/s1. The predicted molar refractivity (Wildman–Crippen MR) is 125 cm³/mol. The first-order valence-electron chi connectivity index (χ1n) is 10.5. The lowest BCUT2D eigenvalue weighted by atomic mass is 10.1. The van der Waals surface area contributed by atoms with Gasteiger partial charge in [0.05, 0.1) is 18.5 Å². The van der Waals surface area contributed by atoms with E-state index >= 15 is 0 Å². The van der Waals surface area contributed by atoms with Crippen molar-refractivity contribution in [2.24, 2.45) is 0 Å². The van der Waals surface area contributed by atoms with Crippen molar-refractivity contribution in [2.75, 3.05) is 19.0 Å². The number of hydrogen-bond donors (Lipinski definition) is 7. The van der Waals surface area contributed by atoms with Crippen LogP contribution in [0.2, 0.25) is 0 Å². The Morgan fingerprint density at radius 2 is 1.92 bits per heavy atom. The second-order valence-electron chi connectivity index (χ2n) is 7.82. The topological polar surface area (TPSA) is 265 Å². The molecule has 0 amide bonds. The fourth-order valence-corrected chi connectivity index (χ4v) is 5.34. The van der Waals surface area contributed by atoms with Crippen molar-refractivity contribution in [3.05, 3.63) is 57.0 Å². The molecule has 1 aliphatic heterocycles. The molecule has 1 aromatic carbocycles. The first kappa shape index (κ1) is 27.8. The number of carbonyl (C=O) groups excluding carboxylic acids is 1. The number of aliphatic hydroxyl groups is 1. The normalized spacial score (nSPS) is 23.3. The van der Waals surface area contributed by atoms with Gasteiger partial charge in [0.2, 0.25) is 0 Å². The van der Waals surface area contributed by atoms with E-state index in [-0.39, 0.29) is 16.7 Å². The van der Waals surface area contributed by atoms with E-state index in [0.29, 0.717) is 5.69 Å². The Labute approximate surface area is 211 Å². The second-order valence-corrected chi connectivity index (χ2v) is 10.6. The highest BCUT2D eigenvalue weighted by Gasteiger charge is 2.49. The van der Waals surface area contributed by atoms with Crippen LogP contribution in [0, 0.1) is 0 Å². The van der Waals surface area contributed by atoms with Crippen LogP contribution in [0.15, 0.2) is 40.2 Å². The average molecular weight is 577 g/mol. The molecule has 5 atom stereocenters. The fraction of sp³-hybridized carbons (Fsp3) is 0.333. The molecule has 206 valence electrons. The zero-order valence-electron chi connectivity index (χ0n) is 19.2.